The van der Waals surface area contributed by atoms with Crippen molar-refractivity contribution in [2.45, 2.75) is 19.3 Å². The van der Waals surface area contributed by atoms with E-state index < -0.39 is 4.92 Å². The molecular weight excluding hydrogens is 324 g/mol. The van der Waals surface area contributed by atoms with E-state index in [9.17, 15) is 14.9 Å². The average molecular weight is 339 g/mol. The van der Waals surface area contributed by atoms with Gasteiger partial charge in [-0.05, 0) is 30.2 Å². The summed E-state index contributed by atoms with van der Waals surface area (Å²) in [7, 11) is 0. The third-order valence-electron chi connectivity index (χ3n) is 4.24. The van der Waals surface area contributed by atoms with Gasteiger partial charge in [-0.1, -0.05) is 22.0 Å². The van der Waals surface area contributed by atoms with Crippen molar-refractivity contribution in [1.82, 2.24) is 4.90 Å². The van der Waals surface area contributed by atoms with E-state index in [4.69, 9.17) is 0 Å². The summed E-state index contributed by atoms with van der Waals surface area (Å²) in [6, 6.07) is 4.60. The summed E-state index contributed by atoms with van der Waals surface area (Å²) in [6.07, 6.45) is 3.06. The molecule has 0 saturated heterocycles. The van der Waals surface area contributed by atoms with Crippen LogP contribution in [0.15, 0.2) is 18.2 Å². The summed E-state index contributed by atoms with van der Waals surface area (Å²) in [5.74, 6) is -0.0674. The van der Waals surface area contributed by atoms with E-state index in [2.05, 4.69) is 15.9 Å². The predicted molar refractivity (Wildman–Crippen MR) is 78.2 cm³/mol. The number of benzene rings is 1. The van der Waals surface area contributed by atoms with E-state index in [1.807, 2.05) is 4.90 Å². The van der Waals surface area contributed by atoms with Crippen LogP contribution in [0.2, 0.25) is 0 Å². The molecule has 3 rings (SSSR count). The number of halogens is 1. The van der Waals surface area contributed by atoms with Gasteiger partial charge in [0.05, 0.1) is 4.92 Å². The smallest absolute Gasteiger partial charge is 0.270 e. The highest BCUT2D eigenvalue weighted by Crippen LogP contribution is 2.48. The van der Waals surface area contributed by atoms with Crippen LogP contribution in [-0.2, 0) is 6.42 Å². The molecule has 0 aromatic heterocycles. The highest BCUT2D eigenvalue weighted by atomic mass is 79.9. The Morgan fingerprint density at radius 3 is 2.75 bits per heavy atom. The molecule has 1 saturated carbocycles. The number of hydrogen-bond acceptors (Lipinski definition) is 3. The molecule has 5 nitrogen and oxygen atoms in total. The molecule has 0 radical (unpaired) electrons. The Kier molecular flexibility index (Phi) is 3.28. The van der Waals surface area contributed by atoms with Crippen LogP contribution in [0.5, 0.6) is 0 Å². The lowest BCUT2D eigenvalue weighted by molar-refractivity contribution is -0.384. The van der Waals surface area contributed by atoms with Gasteiger partial charge in [0.15, 0.2) is 0 Å². The van der Waals surface area contributed by atoms with Crippen molar-refractivity contribution >= 4 is 27.5 Å². The number of amides is 1. The molecule has 2 aliphatic rings. The number of alkyl halides is 1. The molecular formula is C14H15BrN2O3. The first-order chi connectivity index (χ1) is 9.54. The van der Waals surface area contributed by atoms with Gasteiger partial charge in [-0.2, -0.15) is 0 Å². The van der Waals surface area contributed by atoms with Gasteiger partial charge < -0.3 is 4.90 Å². The Hall–Kier alpha value is -1.43. The molecule has 106 valence electrons. The SMILES string of the molecule is O=C1c2cc([N+](=O)[O-])ccc2CCN1CC1(CBr)CC1. The van der Waals surface area contributed by atoms with E-state index >= 15 is 0 Å². The highest BCUT2D eigenvalue weighted by Gasteiger charge is 2.44. The molecule has 1 aromatic rings. The number of nitrogens with zero attached hydrogens (tertiary/aromatic N) is 2. The van der Waals surface area contributed by atoms with Crippen molar-refractivity contribution in [2.75, 3.05) is 18.4 Å². The lowest BCUT2D eigenvalue weighted by Crippen LogP contribution is -2.41. The van der Waals surface area contributed by atoms with E-state index in [1.54, 1.807) is 6.07 Å². The van der Waals surface area contributed by atoms with Crippen LogP contribution in [0, 0.1) is 15.5 Å². The molecule has 6 heteroatoms. The lowest BCUT2D eigenvalue weighted by Gasteiger charge is -2.31. The van der Waals surface area contributed by atoms with E-state index in [0.717, 1.165) is 36.7 Å². The number of carbonyl (C=O) groups is 1. The molecule has 0 N–H and O–H groups in total. The van der Waals surface area contributed by atoms with Crippen molar-refractivity contribution in [3.8, 4) is 0 Å². The van der Waals surface area contributed by atoms with Gasteiger partial charge in [-0.3, -0.25) is 14.9 Å². The third-order valence-corrected chi connectivity index (χ3v) is 5.43. The highest BCUT2D eigenvalue weighted by molar-refractivity contribution is 9.09. The quantitative estimate of drug-likeness (QED) is 0.481. The normalized spacial score (nSPS) is 19.6. The first-order valence-electron chi connectivity index (χ1n) is 6.67. The number of nitro groups is 1. The van der Waals surface area contributed by atoms with Gasteiger partial charge in [0.1, 0.15) is 0 Å². The van der Waals surface area contributed by atoms with Crippen molar-refractivity contribution < 1.29 is 9.72 Å². The van der Waals surface area contributed by atoms with Gasteiger partial charge in [0.2, 0.25) is 0 Å². The summed E-state index contributed by atoms with van der Waals surface area (Å²) in [5, 5.41) is 11.7. The minimum Gasteiger partial charge on any atom is -0.338 e. The zero-order valence-corrected chi connectivity index (χ0v) is 12.6. The maximum atomic E-state index is 12.5. The zero-order chi connectivity index (χ0) is 14.3. The van der Waals surface area contributed by atoms with Gasteiger partial charge in [0.25, 0.3) is 11.6 Å². The fourth-order valence-electron chi connectivity index (χ4n) is 2.69. The maximum Gasteiger partial charge on any atom is 0.270 e. The number of hydrogen-bond donors (Lipinski definition) is 0. The monoisotopic (exact) mass is 338 g/mol. The van der Waals surface area contributed by atoms with Gasteiger partial charge in [-0.25, -0.2) is 0 Å². The summed E-state index contributed by atoms with van der Waals surface area (Å²) in [5.41, 5.74) is 1.63. The Labute approximate surface area is 125 Å². The molecule has 1 fully saturated rings. The summed E-state index contributed by atoms with van der Waals surface area (Å²) < 4.78 is 0. The number of fused-ring (bicyclic) bond motifs is 1. The minimum atomic E-state index is -0.451. The van der Waals surface area contributed by atoms with Crippen molar-refractivity contribution in [3.05, 3.63) is 39.4 Å². The molecule has 1 heterocycles. The van der Waals surface area contributed by atoms with Gasteiger partial charge >= 0.3 is 0 Å². The molecule has 1 amide bonds. The average Bonchev–Trinajstić information content (AvgIpc) is 3.22. The Bertz CT molecular complexity index is 584. The van der Waals surface area contributed by atoms with Crippen molar-refractivity contribution in [2.24, 2.45) is 5.41 Å². The largest absolute Gasteiger partial charge is 0.338 e. The second-order valence-electron chi connectivity index (χ2n) is 5.71. The summed E-state index contributed by atoms with van der Waals surface area (Å²) in [6.45, 7) is 1.46. The van der Waals surface area contributed by atoms with Gasteiger partial charge in [-0.15, -0.1) is 0 Å². The molecule has 1 aromatic carbocycles. The Balaban J connectivity index is 1.85. The number of nitro benzene ring substituents is 1. The van der Waals surface area contributed by atoms with Crippen LogP contribution in [0.3, 0.4) is 0 Å². The van der Waals surface area contributed by atoms with Crippen LogP contribution in [0.4, 0.5) is 5.69 Å². The Morgan fingerprint density at radius 2 is 2.15 bits per heavy atom. The van der Waals surface area contributed by atoms with Crippen LogP contribution in [-0.4, -0.2) is 34.2 Å². The first-order valence-corrected chi connectivity index (χ1v) is 7.79. The molecule has 0 unspecified atom stereocenters. The Morgan fingerprint density at radius 1 is 1.40 bits per heavy atom. The predicted octanol–water partition coefficient (Wildman–Crippen LogP) is 2.77. The first kappa shape index (κ1) is 13.5. The second-order valence-corrected chi connectivity index (χ2v) is 6.27. The number of rotatable bonds is 4. The minimum absolute atomic E-state index is 0.0134. The third kappa shape index (κ3) is 2.32. The molecule has 20 heavy (non-hydrogen) atoms. The lowest BCUT2D eigenvalue weighted by atomic mass is 9.97. The van der Waals surface area contributed by atoms with E-state index in [0.29, 0.717) is 12.1 Å². The number of carbonyl (C=O) groups excluding carboxylic acids is 1. The maximum absolute atomic E-state index is 12.5. The summed E-state index contributed by atoms with van der Waals surface area (Å²) in [4.78, 5) is 24.7. The van der Waals surface area contributed by atoms with Crippen LogP contribution < -0.4 is 0 Å². The molecule has 1 aliphatic carbocycles. The van der Waals surface area contributed by atoms with E-state index in [-0.39, 0.29) is 17.0 Å². The van der Waals surface area contributed by atoms with Crippen LogP contribution in [0.1, 0.15) is 28.8 Å². The van der Waals surface area contributed by atoms with E-state index in [1.165, 1.54) is 12.1 Å². The summed E-state index contributed by atoms with van der Waals surface area (Å²) >= 11 is 3.52. The van der Waals surface area contributed by atoms with Crippen LogP contribution in [0.25, 0.3) is 0 Å². The fraction of sp³-hybridized carbons (Fsp3) is 0.500. The van der Waals surface area contributed by atoms with Crippen LogP contribution >= 0.6 is 15.9 Å². The molecule has 0 bridgehead atoms. The topological polar surface area (TPSA) is 63.4 Å². The second kappa shape index (κ2) is 4.84. The number of non-ortho nitro benzene ring substituents is 1. The fourth-order valence-corrected chi connectivity index (χ4v) is 3.43. The van der Waals surface area contributed by atoms with Gasteiger partial charge in [0, 0.05) is 36.1 Å². The molecule has 1 aliphatic heterocycles. The molecule has 0 atom stereocenters. The van der Waals surface area contributed by atoms with Crippen molar-refractivity contribution in [3.63, 3.8) is 0 Å². The standard InChI is InChI=1S/C14H15BrN2O3/c15-8-14(4-5-14)9-16-6-3-10-1-2-11(17(19)20)7-12(10)13(16)18/h1-2,7H,3-6,8-9H2. The zero-order valence-electron chi connectivity index (χ0n) is 11.0. The molecule has 0 spiro atoms. The van der Waals surface area contributed by atoms with Crippen molar-refractivity contribution in [1.29, 1.82) is 0 Å².